The smallest absolute Gasteiger partial charge is 0.225 e. The Morgan fingerprint density at radius 2 is 2.11 bits per heavy atom. The molecule has 0 aromatic rings. The van der Waals surface area contributed by atoms with E-state index in [0.717, 1.165) is 12.8 Å². The molecule has 0 aromatic heterocycles. The number of carbonyl (C=O) groups is 1. The van der Waals surface area contributed by atoms with Crippen molar-refractivity contribution in [3.63, 3.8) is 0 Å². The summed E-state index contributed by atoms with van der Waals surface area (Å²) in [7, 11) is 0. The van der Waals surface area contributed by atoms with Crippen LogP contribution in [0.1, 0.15) is 26.7 Å². The van der Waals surface area contributed by atoms with Crippen molar-refractivity contribution in [1.29, 1.82) is 0 Å². The fraction of sp³-hybridized carbons (Fsp3) is 0.857. The van der Waals surface area contributed by atoms with Gasteiger partial charge in [0.2, 0.25) is 5.91 Å². The molecule has 0 spiro atoms. The van der Waals surface area contributed by atoms with E-state index < -0.39 is 0 Å². The summed E-state index contributed by atoms with van der Waals surface area (Å²) in [6.07, 6.45) is 2.06. The number of β-lactam (4-membered cyclic amide) rings is 1. The van der Waals surface area contributed by atoms with Gasteiger partial charge in [0, 0.05) is 6.04 Å². The van der Waals surface area contributed by atoms with Crippen molar-refractivity contribution in [3.05, 3.63) is 0 Å². The number of nitrogens with one attached hydrogen (secondary N) is 1. The Morgan fingerprint density at radius 3 is 2.33 bits per heavy atom. The topological polar surface area (TPSA) is 29.1 Å². The summed E-state index contributed by atoms with van der Waals surface area (Å²) in [5.74, 6) is 0.555. The fourth-order valence-electron chi connectivity index (χ4n) is 1.33. The first-order chi connectivity index (χ1) is 4.29. The summed E-state index contributed by atoms with van der Waals surface area (Å²) in [6, 6.07) is 0.475. The van der Waals surface area contributed by atoms with Gasteiger partial charge in [-0.25, -0.2) is 0 Å². The van der Waals surface area contributed by atoms with Gasteiger partial charge < -0.3 is 5.32 Å². The molecule has 1 amide bonds. The van der Waals surface area contributed by atoms with Gasteiger partial charge in [-0.1, -0.05) is 13.8 Å². The lowest BCUT2D eigenvalue weighted by Crippen LogP contribution is -2.57. The summed E-state index contributed by atoms with van der Waals surface area (Å²) in [5, 5.41) is 2.85. The van der Waals surface area contributed by atoms with Crippen LogP contribution in [-0.2, 0) is 4.79 Å². The third-order valence-electron chi connectivity index (χ3n) is 2.03. The minimum atomic E-state index is 0.240. The quantitative estimate of drug-likeness (QED) is 0.549. The molecule has 0 unspecified atom stereocenters. The van der Waals surface area contributed by atoms with Gasteiger partial charge in [0.15, 0.2) is 0 Å². The second kappa shape index (κ2) is 2.38. The van der Waals surface area contributed by atoms with Crippen molar-refractivity contribution in [1.82, 2.24) is 5.32 Å². The van der Waals surface area contributed by atoms with Crippen LogP contribution in [-0.4, -0.2) is 11.9 Å². The van der Waals surface area contributed by atoms with E-state index in [2.05, 4.69) is 19.2 Å². The first kappa shape index (κ1) is 6.59. The van der Waals surface area contributed by atoms with Crippen molar-refractivity contribution in [2.45, 2.75) is 32.7 Å². The Labute approximate surface area is 55.6 Å². The highest BCUT2D eigenvalue weighted by molar-refractivity contribution is 5.85. The summed E-state index contributed by atoms with van der Waals surface area (Å²) in [6.45, 7) is 4.17. The summed E-state index contributed by atoms with van der Waals surface area (Å²) in [5.41, 5.74) is 0. The van der Waals surface area contributed by atoms with Gasteiger partial charge in [0.1, 0.15) is 0 Å². The Kier molecular flexibility index (Phi) is 1.74. The van der Waals surface area contributed by atoms with Crippen LogP contribution in [0, 0.1) is 5.92 Å². The van der Waals surface area contributed by atoms with Gasteiger partial charge in [-0.3, -0.25) is 4.79 Å². The van der Waals surface area contributed by atoms with E-state index in [4.69, 9.17) is 0 Å². The van der Waals surface area contributed by atoms with Crippen molar-refractivity contribution in [3.8, 4) is 0 Å². The molecule has 1 fully saturated rings. The van der Waals surface area contributed by atoms with E-state index in [0.29, 0.717) is 12.0 Å². The molecule has 1 aliphatic rings. The molecular weight excluding hydrogens is 114 g/mol. The Hall–Kier alpha value is -0.530. The molecule has 1 rings (SSSR count). The summed E-state index contributed by atoms with van der Waals surface area (Å²) < 4.78 is 0. The number of carbonyl (C=O) groups excluding carboxylic acids is 1. The molecular formula is C7H13NO. The lowest BCUT2D eigenvalue weighted by atomic mass is 9.87. The summed E-state index contributed by atoms with van der Waals surface area (Å²) in [4.78, 5) is 10.7. The first-order valence-corrected chi connectivity index (χ1v) is 3.60. The van der Waals surface area contributed by atoms with Crippen LogP contribution in [0.15, 0.2) is 0 Å². The highest BCUT2D eigenvalue weighted by Crippen LogP contribution is 2.20. The maximum absolute atomic E-state index is 10.7. The van der Waals surface area contributed by atoms with E-state index >= 15 is 0 Å². The normalized spacial score (nSPS) is 33.3. The number of hydrogen-bond donors (Lipinski definition) is 1. The molecule has 9 heavy (non-hydrogen) atoms. The Balaban J connectivity index is 2.38. The molecule has 52 valence electrons. The molecule has 1 heterocycles. The van der Waals surface area contributed by atoms with E-state index in [1.165, 1.54) is 0 Å². The molecule has 0 aliphatic carbocycles. The Morgan fingerprint density at radius 1 is 1.44 bits per heavy atom. The maximum Gasteiger partial charge on any atom is 0.225 e. The first-order valence-electron chi connectivity index (χ1n) is 3.60. The Bertz CT molecular complexity index is 122. The zero-order valence-electron chi connectivity index (χ0n) is 5.98. The second-order valence-electron chi connectivity index (χ2n) is 2.54. The molecule has 2 heteroatoms. The standard InChI is InChI=1S/C7H13NO/c1-3-5-6(4-2)8-7(5)9/h5-6H,3-4H2,1-2H3,(H,8,9)/t5-,6-/m1/s1. The highest BCUT2D eigenvalue weighted by Gasteiger charge is 2.35. The van der Waals surface area contributed by atoms with Gasteiger partial charge in [-0.15, -0.1) is 0 Å². The predicted octanol–water partition coefficient (Wildman–Crippen LogP) is 0.921. The van der Waals surface area contributed by atoms with Gasteiger partial charge in [0.05, 0.1) is 5.92 Å². The van der Waals surface area contributed by atoms with Crippen molar-refractivity contribution in [2.75, 3.05) is 0 Å². The highest BCUT2D eigenvalue weighted by atomic mass is 16.2. The molecule has 2 nitrogen and oxygen atoms in total. The maximum atomic E-state index is 10.7. The molecule has 0 saturated carbocycles. The van der Waals surface area contributed by atoms with Gasteiger partial charge in [-0.05, 0) is 12.8 Å². The molecule has 1 saturated heterocycles. The molecule has 1 aliphatic heterocycles. The van der Waals surface area contributed by atoms with Crippen molar-refractivity contribution < 1.29 is 4.79 Å². The minimum Gasteiger partial charge on any atom is -0.352 e. The van der Waals surface area contributed by atoms with Gasteiger partial charge >= 0.3 is 0 Å². The molecule has 0 radical (unpaired) electrons. The fourth-order valence-corrected chi connectivity index (χ4v) is 1.33. The second-order valence-corrected chi connectivity index (χ2v) is 2.54. The largest absolute Gasteiger partial charge is 0.352 e. The molecule has 0 aromatic carbocycles. The van der Waals surface area contributed by atoms with Crippen LogP contribution in [0.5, 0.6) is 0 Å². The van der Waals surface area contributed by atoms with Crippen LogP contribution in [0.25, 0.3) is 0 Å². The lowest BCUT2D eigenvalue weighted by molar-refractivity contribution is -0.135. The number of hydrogen-bond acceptors (Lipinski definition) is 1. The third kappa shape index (κ3) is 0.934. The van der Waals surface area contributed by atoms with Crippen LogP contribution in [0.3, 0.4) is 0 Å². The van der Waals surface area contributed by atoms with Crippen LogP contribution >= 0.6 is 0 Å². The van der Waals surface area contributed by atoms with Gasteiger partial charge in [0.25, 0.3) is 0 Å². The van der Waals surface area contributed by atoms with Crippen molar-refractivity contribution in [2.24, 2.45) is 5.92 Å². The zero-order valence-corrected chi connectivity index (χ0v) is 5.98. The van der Waals surface area contributed by atoms with E-state index in [9.17, 15) is 4.79 Å². The number of rotatable bonds is 2. The van der Waals surface area contributed by atoms with Crippen LogP contribution in [0.2, 0.25) is 0 Å². The zero-order chi connectivity index (χ0) is 6.85. The average molecular weight is 127 g/mol. The molecule has 2 atom stereocenters. The monoisotopic (exact) mass is 127 g/mol. The third-order valence-corrected chi connectivity index (χ3v) is 2.03. The van der Waals surface area contributed by atoms with E-state index in [1.54, 1.807) is 0 Å². The molecule has 0 bridgehead atoms. The average Bonchev–Trinajstić information content (AvgIpc) is 1.83. The van der Waals surface area contributed by atoms with Crippen LogP contribution in [0.4, 0.5) is 0 Å². The SMILES string of the molecule is CC[C@H]1NC(=O)[C@@H]1CC. The predicted molar refractivity (Wildman–Crippen MR) is 36.0 cm³/mol. The summed E-state index contributed by atoms with van der Waals surface area (Å²) >= 11 is 0. The number of amides is 1. The minimum absolute atomic E-state index is 0.240. The lowest BCUT2D eigenvalue weighted by Gasteiger charge is -2.35. The van der Waals surface area contributed by atoms with Crippen LogP contribution < -0.4 is 5.32 Å². The molecule has 1 N–H and O–H groups in total. The van der Waals surface area contributed by atoms with Gasteiger partial charge in [-0.2, -0.15) is 0 Å². The van der Waals surface area contributed by atoms with Crippen molar-refractivity contribution >= 4 is 5.91 Å². The van der Waals surface area contributed by atoms with E-state index in [-0.39, 0.29) is 5.91 Å². The van der Waals surface area contributed by atoms with E-state index in [1.807, 2.05) is 0 Å².